The third kappa shape index (κ3) is 5.83. The lowest BCUT2D eigenvalue weighted by molar-refractivity contribution is -0.274. The highest BCUT2D eigenvalue weighted by Gasteiger charge is 2.47. The van der Waals surface area contributed by atoms with Gasteiger partial charge in [0.2, 0.25) is 10.0 Å². The van der Waals surface area contributed by atoms with Crippen molar-refractivity contribution < 1.29 is 40.7 Å². The molecule has 15 heteroatoms. The number of urea groups is 1. The summed E-state index contributed by atoms with van der Waals surface area (Å²) in [7, 11) is -3.69. The zero-order valence-corrected chi connectivity index (χ0v) is 23.6. The summed E-state index contributed by atoms with van der Waals surface area (Å²) in [6.07, 6.45) is -4.31. The van der Waals surface area contributed by atoms with Gasteiger partial charge in [-0.05, 0) is 86.2 Å². The van der Waals surface area contributed by atoms with Crippen LogP contribution in [0.5, 0.6) is 5.75 Å². The second-order valence-electron chi connectivity index (χ2n) is 10.4. The van der Waals surface area contributed by atoms with Crippen LogP contribution in [0.15, 0.2) is 41.4 Å². The van der Waals surface area contributed by atoms with Crippen LogP contribution in [0.4, 0.5) is 23.7 Å². The lowest BCUT2D eigenvalue weighted by Gasteiger charge is -2.34. The number of benzene rings is 2. The quantitative estimate of drug-likeness (QED) is 0.465. The van der Waals surface area contributed by atoms with E-state index in [0.29, 0.717) is 11.3 Å². The predicted octanol–water partition coefficient (Wildman–Crippen LogP) is 2.54. The molecule has 0 radical (unpaired) electrons. The molecule has 11 nitrogen and oxygen atoms in total. The van der Waals surface area contributed by atoms with Crippen LogP contribution in [-0.4, -0.2) is 73.7 Å². The lowest BCUT2D eigenvalue weighted by atomic mass is 9.89. The van der Waals surface area contributed by atoms with Gasteiger partial charge in [-0.3, -0.25) is 14.6 Å². The molecule has 4 amide bonds. The summed E-state index contributed by atoms with van der Waals surface area (Å²) in [4.78, 5) is 42.6. The van der Waals surface area contributed by atoms with E-state index in [2.05, 4.69) is 20.4 Å². The summed E-state index contributed by atoms with van der Waals surface area (Å²) in [5.41, 5.74) is 1.99. The first-order valence-electron chi connectivity index (χ1n) is 13.1. The zero-order valence-electron chi connectivity index (χ0n) is 22.7. The molecular weight excluding hydrogens is 579 g/mol. The third-order valence-electron chi connectivity index (χ3n) is 7.68. The number of hydrogen-bond acceptors (Lipinski definition) is 7. The van der Waals surface area contributed by atoms with Crippen molar-refractivity contribution in [1.82, 2.24) is 14.9 Å². The largest absolute Gasteiger partial charge is 0.573 e. The number of amidine groups is 1. The van der Waals surface area contributed by atoms with Gasteiger partial charge in [-0.2, -0.15) is 0 Å². The molecule has 0 unspecified atom stereocenters. The van der Waals surface area contributed by atoms with Gasteiger partial charge in [0, 0.05) is 18.7 Å². The molecule has 2 aromatic rings. The number of ether oxygens (including phenoxy) is 1. The van der Waals surface area contributed by atoms with Crippen LogP contribution in [0.2, 0.25) is 0 Å². The van der Waals surface area contributed by atoms with Gasteiger partial charge in [0.25, 0.3) is 11.8 Å². The first kappa shape index (κ1) is 29.5. The molecule has 3 heterocycles. The van der Waals surface area contributed by atoms with E-state index in [-0.39, 0.29) is 62.3 Å². The first-order chi connectivity index (χ1) is 19.7. The summed E-state index contributed by atoms with van der Waals surface area (Å²) in [5, 5.41) is 5.15. The number of nitrogens with zero attached hydrogens (tertiary/aromatic N) is 3. The van der Waals surface area contributed by atoms with Gasteiger partial charge in [-0.15, -0.1) is 13.2 Å². The zero-order chi connectivity index (χ0) is 30.4. The van der Waals surface area contributed by atoms with Gasteiger partial charge in [0.15, 0.2) is 0 Å². The maximum absolute atomic E-state index is 13.2. The average Bonchev–Trinajstić information content (AvgIpc) is 3.41. The van der Waals surface area contributed by atoms with Crippen molar-refractivity contribution in [3.05, 3.63) is 58.7 Å². The summed E-state index contributed by atoms with van der Waals surface area (Å²) in [6.45, 7) is 3.68. The van der Waals surface area contributed by atoms with E-state index in [9.17, 15) is 36.0 Å². The van der Waals surface area contributed by atoms with Crippen LogP contribution < -0.4 is 20.3 Å². The van der Waals surface area contributed by atoms with Gasteiger partial charge < -0.3 is 15.4 Å². The van der Waals surface area contributed by atoms with Gasteiger partial charge in [0.05, 0.1) is 18.0 Å². The molecule has 2 N–H and O–H groups in total. The topological polar surface area (TPSA) is 137 Å². The number of aliphatic imine (C=N–C) groups is 1. The molecule has 0 atom stereocenters. The first-order valence-corrected chi connectivity index (χ1v) is 14.7. The Morgan fingerprint density at radius 2 is 1.64 bits per heavy atom. The Balaban J connectivity index is 1.22. The molecule has 2 aromatic carbocycles. The molecule has 2 fully saturated rings. The second-order valence-corrected chi connectivity index (χ2v) is 12.5. The second kappa shape index (κ2) is 10.7. The molecule has 3 aliphatic rings. The van der Waals surface area contributed by atoms with Crippen molar-refractivity contribution in [2.24, 2.45) is 4.99 Å². The molecular formula is C27H28F3N5O6S. The molecule has 3 aliphatic heterocycles. The van der Waals surface area contributed by atoms with Crippen molar-refractivity contribution in [3.8, 4) is 5.75 Å². The van der Waals surface area contributed by atoms with E-state index < -0.39 is 33.7 Å². The number of rotatable bonds is 7. The Bertz CT molecular complexity index is 1540. The Morgan fingerprint density at radius 1 is 1.02 bits per heavy atom. The van der Waals surface area contributed by atoms with E-state index in [1.54, 1.807) is 26.0 Å². The monoisotopic (exact) mass is 607 g/mol. The fraction of sp³-hybridized carbons (Fsp3) is 0.407. The number of piperidine rings is 1. The molecule has 2 saturated heterocycles. The van der Waals surface area contributed by atoms with Gasteiger partial charge >= 0.3 is 12.4 Å². The van der Waals surface area contributed by atoms with E-state index >= 15 is 0 Å². The van der Waals surface area contributed by atoms with E-state index in [0.717, 1.165) is 33.7 Å². The number of nitrogens with one attached hydrogen (secondary N) is 2. The predicted molar refractivity (Wildman–Crippen MR) is 146 cm³/mol. The molecule has 0 aliphatic carbocycles. The van der Waals surface area contributed by atoms with Crippen LogP contribution in [0.25, 0.3) is 0 Å². The van der Waals surface area contributed by atoms with Crippen molar-refractivity contribution in [1.29, 1.82) is 0 Å². The van der Waals surface area contributed by atoms with E-state index in [1.165, 1.54) is 16.4 Å². The number of carbonyl (C=O) groups is 3. The van der Waals surface area contributed by atoms with Crippen LogP contribution >= 0.6 is 0 Å². The maximum Gasteiger partial charge on any atom is 0.573 e. The van der Waals surface area contributed by atoms with Gasteiger partial charge in [0.1, 0.15) is 17.1 Å². The van der Waals surface area contributed by atoms with Crippen LogP contribution in [-0.2, 0) is 26.0 Å². The number of alkyl halides is 3. The SMILES string of the molecule is Cc1cc(N2C(=O)CNC2=O)cc(C)c1CCS(=O)(=O)N1CCC2(CC1)N=C(c1ccc(OC(F)(F)F)cc1)NC2=O. The highest BCUT2D eigenvalue weighted by Crippen LogP contribution is 2.33. The standard InChI is InChI=1S/C27H28F3N5O6S/c1-16-13-19(35-22(36)15-31-25(35)38)14-17(2)21(16)7-12-42(39,40)34-10-8-26(9-11-34)24(37)32-23(33-26)18-3-5-20(6-4-18)41-27(28,29)30/h3-6,13-14H,7-12,15H2,1-2H3,(H,31,38)(H,32,33,37). The van der Waals surface area contributed by atoms with Crippen molar-refractivity contribution in [2.45, 2.75) is 45.0 Å². The van der Waals surface area contributed by atoms with Crippen LogP contribution in [0.3, 0.4) is 0 Å². The number of anilines is 1. The fourth-order valence-electron chi connectivity index (χ4n) is 5.48. The van der Waals surface area contributed by atoms with Gasteiger partial charge in [-0.1, -0.05) is 0 Å². The number of imide groups is 1. The maximum atomic E-state index is 13.2. The number of halogens is 3. The minimum atomic E-state index is -4.82. The minimum Gasteiger partial charge on any atom is -0.406 e. The van der Waals surface area contributed by atoms with Crippen molar-refractivity contribution in [2.75, 3.05) is 30.3 Å². The summed E-state index contributed by atoms with van der Waals surface area (Å²) in [5.74, 6) is -1.12. The van der Waals surface area contributed by atoms with E-state index in [1.807, 2.05) is 0 Å². The number of amides is 4. The highest BCUT2D eigenvalue weighted by atomic mass is 32.2. The molecule has 0 bridgehead atoms. The normalized spacial score (nSPS) is 19.2. The third-order valence-corrected chi connectivity index (χ3v) is 9.55. The number of carbonyl (C=O) groups excluding carboxylic acids is 3. The Kier molecular flexibility index (Phi) is 7.51. The molecule has 5 rings (SSSR count). The molecule has 1 spiro atoms. The smallest absolute Gasteiger partial charge is 0.406 e. The molecule has 224 valence electrons. The van der Waals surface area contributed by atoms with Crippen LogP contribution in [0.1, 0.15) is 35.1 Å². The van der Waals surface area contributed by atoms with Crippen molar-refractivity contribution >= 4 is 39.4 Å². The molecule has 42 heavy (non-hydrogen) atoms. The molecule has 0 aromatic heterocycles. The number of hydrogen-bond donors (Lipinski definition) is 2. The Hall–Kier alpha value is -3.98. The number of sulfonamides is 1. The highest BCUT2D eigenvalue weighted by molar-refractivity contribution is 7.89. The Labute approximate surface area is 239 Å². The van der Waals surface area contributed by atoms with Crippen molar-refractivity contribution in [3.63, 3.8) is 0 Å². The number of aryl methyl sites for hydroxylation is 2. The summed E-state index contributed by atoms with van der Waals surface area (Å²) < 4.78 is 69.0. The average molecular weight is 608 g/mol. The van der Waals surface area contributed by atoms with Gasteiger partial charge in [-0.25, -0.2) is 22.4 Å². The fourth-order valence-corrected chi connectivity index (χ4v) is 6.94. The molecule has 0 saturated carbocycles. The summed E-state index contributed by atoms with van der Waals surface area (Å²) in [6, 6.07) is 7.83. The lowest BCUT2D eigenvalue weighted by Crippen LogP contribution is -2.50. The minimum absolute atomic E-state index is 0.0732. The van der Waals surface area contributed by atoms with E-state index in [4.69, 9.17) is 0 Å². The van der Waals surface area contributed by atoms with Crippen LogP contribution in [0, 0.1) is 13.8 Å². The Morgan fingerprint density at radius 3 is 2.19 bits per heavy atom. The summed E-state index contributed by atoms with van der Waals surface area (Å²) >= 11 is 0.